The number of carbonyl (C=O) groups is 2. The third-order valence-corrected chi connectivity index (χ3v) is 3.34. The molecule has 2 rings (SSSR count). The van der Waals surface area contributed by atoms with E-state index in [1.165, 1.54) is 0 Å². The Morgan fingerprint density at radius 1 is 1.21 bits per heavy atom. The molecule has 0 saturated heterocycles. The Balaban J connectivity index is 2.00. The number of amides is 1. The Kier molecular flexibility index (Phi) is 3.78. The van der Waals surface area contributed by atoms with Crippen LogP contribution < -0.4 is 5.32 Å². The fourth-order valence-electron chi connectivity index (χ4n) is 2.27. The van der Waals surface area contributed by atoms with Crippen molar-refractivity contribution in [1.82, 2.24) is 0 Å². The van der Waals surface area contributed by atoms with Crippen molar-refractivity contribution < 1.29 is 23.5 Å². The van der Waals surface area contributed by atoms with Gasteiger partial charge in [-0.3, -0.25) is 9.59 Å². The number of hydrogen-bond donors (Lipinski definition) is 2. The van der Waals surface area contributed by atoms with E-state index in [-0.39, 0.29) is 12.1 Å². The predicted molar refractivity (Wildman–Crippen MR) is 63.5 cm³/mol. The van der Waals surface area contributed by atoms with Crippen LogP contribution in [0.4, 0.5) is 14.5 Å². The number of benzene rings is 1. The molecule has 19 heavy (non-hydrogen) atoms. The van der Waals surface area contributed by atoms with Crippen LogP contribution in [0.25, 0.3) is 0 Å². The molecule has 0 aliphatic heterocycles. The van der Waals surface area contributed by atoms with E-state index in [0.29, 0.717) is 18.9 Å². The Morgan fingerprint density at radius 2 is 1.89 bits per heavy atom. The van der Waals surface area contributed by atoms with Crippen molar-refractivity contribution in [2.24, 2.45) is 11.8 Å². The number of carboxylic acids is 1. The largest absolute Gasteiger partial charge is 0.481 e. The molecule has 4 nitrogen and oxygen atoms in total. The van der Waals surface area contributed by atoms with Crippen molar-refractivity contribution in [3.8, 4) is 0 Å². The molecule has 2 atom stereocenters. The summed E-state index contributed by atoms with van der Waals surface area (Å²) in [6, 6.07) is 2.88. The topological polar surface area (TPSA) is 66.4 Å². The van der Waals surface area contributed by atoms with E-state index in [4.69, 9.17) is 5.11 Å². The zero-order chi connectivity index (χ0) is 14.0. The maximum atomic E-state index is 13.4. The van der Waals surface area contributed by atoms with Gasteiger partial charge in [-0.1, -0.05) is 0 Å². The van der Waals surface area contributed by atoms with Crippen molar-refractivity contribution >= 4 is 17.6 Å². The standard InChI is InChI=1S/C13H13F2NO3/c14-9-3-4-11(10(15)6-9)16-12(17)7-1-2-8(5-7)13(18)19/h3-4,6-8H,1-2,5H2,(H,16,17)(H,18,19)/t7-,8+/m1/s1. The lowest BCUT2D eigenvalue weighted by Gasteiger charge is -2.11. The third-order valence-electron chi connectivity index (χ3n) is 3.34. The minimum absolute atomic E-state index is 0.0924. The lowest BCUT2D eigenvalue weighted by molar-refractivity contribution is -0.141. The first-order chi connectivity index (χ1) is 8.97. The summed E-state index contributed by atoms with van der Waals surface area (Å²) in [5.74, 6) is -3.86. The first kappa shape index (κ1) is 13.5. The zero-order valence-corrected chi connectivity index (χ0v) is 10.0. The van der Waals surface area contributed by atoms with Gasteiger partial charge in [-0.2, -0.15) is 0 Å². The van der Waals surface area contributed by atoms with Crippen LogP contribution in [-0.4, -0.2) is 17.0 Å². The first-order valence-electron chi connectivity index (χ1n) is 5.96. The van der Waals surface area contributed by atoms with E-state index >= 15 is 0 Å². The second-order valence-electron chi connectivity index (χ2n) is 4.66. The quantitative estimate of drug-likeness (QED) is 0.885. The van der Waals surface area contributed by atoms with Gasteiger partial charge in [0.2, 0.25) is 5.91 Å². The normalized spacial score (nSPS) is 22.2. The average Bonchev–Trinajstić information content (AvgIpc) is 2.82. The lowest BCUT2D eigenvalue weighted by atomic mass is 10.0. The molecule has 1 aliphatic rings. The number of aliphatic carboxylic acids is 1. The highest BCUT2D eigenvalue weighted by atomic mass is 19.1. The molecule has 0 heterocycles. The van der Waals surface area contributed by atoms with Gasteiger partial charge in [-0.15, -0.1) is 0 Å². The van der Waals surface area contributed by atoms with E-state index in [9.17, 15) is 18.4 Å². The highest BCUT2D eigenvalue weighted by molar-refractivity contribution is 5.93. The third kappa shape index (κ3) is 3.07. The van der Waals surface area contributed by atoms with Crippen LogP contribution >= 0.6 is 0 Å². The molecular weight excluding hydrogens is 256 g/mol. The summed E-state index contributed by atoms with van der Waals surface area (Å²) in [6.07, 6.45) is 1.16. The lowest BCUT2D eigenvalue weighted by Crippen LogP contribution is -2.22. The molecule has 1 fully saturated rings. The van der Waals surface area contributed by atoms with Crippen molar-refractivity contribution in [2.45, 2.75) is 19.3 Å². The molecule has 1 aromatic rings. The SMILES string of the molecule is O=C(O)[C@H]1CC[C@@H](C(=O)Nc2ccc(F)cc2F)C1. The Bertz CT molecular complexity index is 519. The summed E-state index contributed by atoms with van der Waals surface area (Å²) in [5.41, 5.74) is -0.0924. The predicted octanol–water partition coefficient (Wildman–Crippen LogP) is 2.40. The van der Waals surface area contributed by atoms with Gasteiger partial charge in [-0.05, 0) is 31.4 Å². The van der Waals surface area contributed by atoms with Crippen LogP contribution in [0.3, 0.4) is 0 Å². The molecule has 0 aromatic heterocycles. The van der Waals surface area contributed by atoms with Gasteiger partial charge in [0, 0.05) is 12.0 Å². The van der Waals surface area contributed by atoms with Crippen LogP contribution in [0.5, 0.6) is 0 Å². The highest BCUT2D eigenvalue weighted by Crippen LogP contribution is 2.32. The van der Waals surface area contributed by atoms with E-state index < -0.39 is 35.3 Å². The van der Waals surface area contributed by atoms with Gasteiger partial charge >= 0.3 is 5.97 Å². The number of carbonyl (C=O) groups excluding carboxylic acids is 1. The fourth-order valence-corrected chi connectivity index (χ4v) is 2.27. The van der Waals surface area contributed by atoms with Gasteiger partial charge in [0.05, 0.1) is 11.6 Å². The molecule has 102 valence electrons. The average molecular weight is 269 g/mol. The van der Waals surface area contributed by atoms with E-state index in [1.54, 1.807) is 0 Å². The van der Waals surface area contributed by atoms with Gasteiger partial charge in [0.15, 0.2) is 0 Å². The molecule has 0 radical (unpaired) electrons. The second kappa shape index (κ2) is 5.34. The maximum absolute atomic E-state index is 13.4. The molecule has 1 aliphatic carbocycles. The molecule has 2 N–H and O–H groups in total. The van der Waals surface area contributed by atoms with Crippen molar-refractivity contribution in [3.05, 3.63) is 29.8 Å². The van der Waals surface area contributed by atoms with Crippen LogP contribution in [0.2, 0.25) is 0 Å². The minimum Gasteiger partial charge on any atom is -0.481 e. The first-order valence-corrected chi connectivity index (χ1v) is 5.96. The molecule has 1 saturated carbocycles. The van der Waals surface area contributed by atoms with Crippen LogP contribution in [0, 0.1) is 23.5 Å². The number of carboxylic acid groups (broad SMARTS) is 1. The summed E-state index contributed by atoms with van der Waals surface area (Å²) in [4.78, 5) is 22.6. The Morgan fingerprint density at radius 3 is 2.47 bits per heavy atom. The van der Waals surface area contributed by atoms with Gasteiger partial charge < -0.3 is 10.4 Å². The van der Waals surface area contributed by atoms with Crippen LogP contribution in [0.1, 0.15) is 19.3 Å². The van der Waals surface area contributed by atoms with E-state index in [2.05, 4.69) is 5.32 Å². The fraction of sp³-hybridized carbons (Fsp3) is 0.385. The number of anilines is 1. The van der Waals surface area contributed by atoms with E-state index in [0.717, 1.165) is 12.1 Å². The minimum atomic E-state index is -0.914. The van der Waals surface area contributed by atoms with Crippen LogP contribution in [-0.2, 0) is 9.59 Å². The van der Waals surface area contributed by atoms with Crippen molar-refractivity contribution in [3.63, 3.8) is 0 Å². The highest BCUT2D eigenvalue weighted by Gasteiger charge is 2.34. The van der Waals surface area contributed by atoms with Crippen molar-refractivity contribution in [2.75, 3.05) is 5.32 Å². The summed E-state index contributed by atoms with van der Waals surface area (Å²) in [5, 5.41) is 11.2. The number of halogens is 2. The molecule has 0 bridgehead atoms. The molecule has 1 aromatic carbocycles. The zero-order valence-electron chi connectivity index (χ0n) is 10.0. The summed E-state index contributed by atoms with van der Waals surface area (Å²) in [7, 11) is 0. The molecule has 0 spiro atoms. The number of nitrogens with one attached hydrogen (secondary N) is 1. The van der Waals surface area contributed by atoms with Gasteiger partial charge in [-0.25, -0.2) is 8.78 Å². The smallest absolute Gasteiger partial charge is 0.306 e. The molecular formula is C13H13F2NO3. The Labute approximate surface area is 108 Å². The number of hydrogen-bond acceptors (Lipinski definition) is 2. The van der Waals surface area contributed by atoms with E-state index in [1.807, 2.05) is 0 Å². The van der Waals surface area contributed by atoms with Gasteiger partial charge in [0.1, 0.15) is 11.6 Å². The van der Waals surface area contributed by atoms with Crippen molar-refractivity contribution in [1.29, 1.82) is 0 Å². The van der Waals surface area contributed by atoms with Crippen LogP contribution in [0.15, 0.2) is 18.2 Å². The monoisotopic (exact) mass is 269 g/mol. The number of rotatable bonds is 3. The summed E-state index contributed by atoms with van der Waals surface area (Å²) in [6.45, 7) is 0. The summed E-state index contributed by atoms with van der Waals surface area (Å²) >= 11 is 0. The Hall–Kier alpha value is -1.98. The van der Waals surface area contributed by atoms with Gasteiger partial charge in [0.25, 0.3) is 0 Å². The molecule has 6 heteroatoms. The molecule has 1 amide bonds. The maximum Gasteiger partial charge on any atom is 0.306 e. The summed E-state index contributed by atoms with van der Waals surface area (Å²) < 4.78 is 26.1. The second-order valence-corrected chi connectivity index (χ2v) is 4.66. The molecule has 0 unspecified atom stereocenters.